The summed E-state index contributed by atoms with van der Waals surface area (Å²) in [6, 6.07) is 0. The molecule has 0 bridgehead atoms. The highest BCUT2D eigenvalue weighted by Gasteiger charge is 2.44. The monoisotopic (exact) mass is 783 g/mol. The molecular weight excluding hydrogens is 700 g/mol. The van der Waals surface area contributed by atoms with Gasteiger partial charge in [0.25, 0.3) is 0 Å². The highest BCUT2D eigenvalue weighted by molar-refractivity contribution is 5.70. The lowest BCUT2D eigenvalue weighted by Gasteiger charge is -2.39. The molecule has 4 N–H and O–H groups in total. The Bertz CT molecular complexity index is 954. The van der Waals surface area contributed by atoms with Crippen LogP contribution in [0.25, 0.3) is 0 Å². The molecule has 1 saturated heterocycles. The molecule has 10 heteroatoms. The standard InChI is InChI=1S/C45H82O10/c1-3-5-7-9-11-13-15-17-18-19-20-22-24-26-28-30-32-34-41(48)54-38(37-53-45-44(51)43(50)42(49)39(35-46)55-45)36-52-40(47)33-31-29-27-25-23-21-16-14-12-10-8-6-4-2/h13-16,38-39,42-46,49-51H,3-12,17-37H2,1-2H3/b15-13+,16-14+/t38-,39-,42+,43?,44?,45-/m1/s1. The molecule has 0 amide bonds. The minimum Gasteiger partial charge on any atom is -0.462 e. The second kappa shape index (κ2) is 36.5. The summed E-state index contributed by atoms with van der Waals surface area (Å²) in [5.74, 6) is -0.815. The summed E-state index contributed by atoms with van der Waals surface area (Å²) in [5, 5.41) is 40.0. The Hall–Kier alpha value is -1.82. The van der Waals surface area contributed by atoms with E-state index in [0.717, 1.165) is 57.8 Å². The van der Waals surface area contributed by atoms with Crippen molar-refractivity contribution in [2.45, 2.75) is 230 Å². The Morgan fingerprint density at radius 3 is 1.42 bits per heavy atom. The first-order valence-corrected chi connectivity index (χ1v) is 22.4. The third kappa shape index (κ3) is 28.3. The molecule has 6 atom stereocenters. The molecule has 1 aliphatic heterocycles. The number of aliphatic hydroxyl groups is 4. The predicted octanol–water partition coefficient (Wildman–Crippen LogP) is 9.33. The zero-order valence-corrected chi connectivity index (χ0v) is 34.9. The van der Waals surface area contributed by atoms with Gasteiger partial charge in [0, 0.05) is 12.8 Å². The Balaban J connectivity index is 2.33. The van der Waals surface area contributed by atoms with E-state index in [9.17, 15) is 30.0 Å². The average Bonchev–Trinajstić information content (AvgIpc) is 3.18. The second-order valence-corrected chi connectivity index (χ2v) is 15.5. The van der Waals surface area contributed by atoms with Crippen LogP contribution in [-0.4, -0.2) is 89.0 Å². The molecule has 322 valence electrons. The lowest BCUT2D eigenvalue weighted by atomic mass is 9.99. The van der Waals surface area contributed by atoms with Crippen LogP contribution in [0.4, 0.5) is 0 Å². The van der Waals surface area contributed by atoms with Crippen molar-refractivity contribution in [3.05, 3.63) is 24.3 Å². The summed E-state index contributed by atoms with van der Waals surface area (Å²) in [7, 11) is 0. The first-order valence-electron chi connectivity index (χ1n) is 22.4. The molecule has 0 aliphatic carbocycles. The van der Waals surface area contributed by atoms with Crippen molar-refractivity contribution in [2.24, 2.45) is 0 Å². The van der Waals surface area contributed by atoms with Gasteiger partial charge < -0.3 is 39.4 Å². The van der Waals surface area contributed by atoms with Gasteiger partial charge in [-0.3, -0.25) is 9.59 Å². The number of rotatable bonds is 37. The van der Waals surface area contributed by atoms with E-state index in [1.165, 1.54) is 103 Å². The maximum absolute atomic E-state index is 12.8. The number of ether oxygens (including phenoxy) is 4. The van der Waals surface area contributed by atoms with Crippen LogP contribution in [0.3, 0.4) is 0 Å². The number of hydrogen-bond acceptors (Lipinski definition) is 10. The van der Waals surface area contributed by atoms with Crippen molar-refractivity contribution in [3.8, 4) is 0 Å². The van der Waals surface area contributed by atoms with E-state index >= 15 is 0 Å². The van der Waals surface area contributed by atoms with E-state index in [1.54, 1.807) is 0 Å². The van der Waals surface area contributed by atoms with E-state index in [-0.39, 0.29) is 32.0 Å². The van der Waals surface area contributed by atoms with E-state index in [2.05, 4.69) is 38.2 Å². The molecule has 55 heavy (non-hydrogen) atoms. The Morgan fingerprint density at radius 2 is 0.964 bits per heavy atom. The molecule has 0 saturated carbocycles. The molecule has 1 heterocycles. The van der Waals surface area contributed by atoms with E-state index in [0.29, 0.717) is 6.42 Å². The van der Waals surface area contributed by atoms with Crippen LogP contribution in [0.2, 0.25) is 0 Å². The fourth-order valence-electron chi connectivity index (χ4n) is 6.71. The second-order valence-electron chi connectivity index (χ2n) is 15.5. The molecule has 1 aliphatic rings. The summed E-state index contributed by atoms with van der Waals surface area (Å²) >= 11 is 0. The minimum absolute atomic E-state index is 0.220. The third-order valence-corrected chi connectivity index (χ3v) is 10.3. The van der Waals surface area contributed by atoms with Crippen LogP contribution >= 0.6 is 0 Å². The summed E-state index contributed by atoms with van der Waals surface area (Å²) in [6.07, 6.45) is 31.8. The van der Waals surface area contributed by atoms with Crippen molar-refractivity contribution in [1.82, 2.24) is 0 Å². The van der Waals surface area contributed by atoms with Crippen LogP contribution in [-0.2, 0) is 28.5 Å². The summed E-state index contributed by atoms with van der Waals surface area (Å²) < 4.78 is 22.1. The number of carbonyl (C=O) groups excluding carboxylic acids is 2. The molecular formula is C45H82O10. The highest BCUT2D eigenvalue weighted by Crippen LogP contribution is 2.22. The molecule has 1 rings (SSSR count). The Morgan fingerprint density at radius 1 is 0.545 bits per heavy atom. The molecule has 1 fully saturated rings. The maximum Gasteiger partial charge on any atom is 0.306 e. The van der Waals surface area contributed by atoms with Gasteiger partial charge in [0.2, 0.25) is 0 Å². The van der Waals surface area contributed by atoms with Gasteiger partial charge in [-0.2, -0.15) is 0 Å². The molecule has 2 unspecified atom stereocenters. The van der Waals surface area contributed by atoms with Gasteiger partial charge in [-0.1, -0.05) is 141 Å². The van der Waals surface area contributed by atoms with Crippen molar-refractivity contribution < 1.29 is 49.0 Å². The zero-order valence-electron chi connectivity index (χ0n) is 34.9. The normalized spacial score (nSPS) is 20.7. The number of aliphatic hydroxyl groups excluding tert-OH is 4. The van der Waals surface area contributed by atoms with Crippen molar-refractivity contribution in [3.63, 3.8) is 0 Å². The number of hydrogen-bond donors (Lipinski definition) is 4. The molecule has 10 nitrogen and oxygen atoms in total. The van der Waals surface area contributed by atoms with Gasteiger partial charge in [0.15, 0.2) is 12.4 Å². The van der Waals surface area contributed by atoms with E-state index in [4.69, 9.17) is 18.9 Å². The smallest absolute Gasteiger partial charge is 0.306 e. The van der Waals surface area contributed by atoms with Crippen molar-refractivity contribution in [1.29, 1.82) is 0 Å². The lowest BCUT2D eigenvalue weighted by molar-refractivity contribution is -0.305. The third-order valence-electron chi connectivity index (χ3n) is 10.3. The van der Waals surface area contributed by atoms with Crippen molar-refractivity contribution in [2.75, 3.05) is 19.8 Å². The van der Waals surface area contributed by atoms with Crippen LogP contribution in [0.15, 0.2) is 24.3 Å². The van der Waals surface area contributed by atoms with Gasteiger partial charge in [0.05, 0.1) is 13.2 Å². The van der Waals surface area contributed by atoms with Gasteiger partial charge >= 0.3 is 11.9 Å². The van der Waals surface area contributed by atoms with Crippen LogP contribution in [0, 0.1) is 0 Å². The lowest BCUT2D eigenvalue weighted by Crippen LogP contribution is -2.59. The van der Waals surface area contributed by atoms with E-state index in [1.807, 2.05) is 0 Å². The molecule has 0 radical (unpaired) electrons. The fourth-order valence-corrected chi connectivity index (χ4v) is 6.71. The first kappa shape index (κ1) is 51.2. The maximum atomic E-state index is 12.8. The van der Waals surface area contributed by atoms with Gasteiger partial charge in [0.1, 0.15) is 31.0 Å². The highest BCUT2D eigenvalue weighted by atomic mass is 16.7. The molecule has 0 aromatic carbocycles. The number of allylic oxidation sites excluding steroid dienone is 4. The van der Waals surface area contributed by atoms with Gasteiger partial charge in [-0.05, 0) is 64.2 Å². The molecule has 0 aromatic heterocycles. The van der Waals surface area contributed by atoms with Crippen LogP contribution < -0.4 is 0 Å². The zero-order chi connectivity index (χ0) is 40.2. The van der Waals surface area contributed by atoms with Crippen LogP contribution in [0.1, 0.15) is 194 Å². The number of unbranched alkanes of at least 4 members (excludes halogenated alkanes) is 22. The molecule has 0 spiro atoms. The summed E-state index contributed by atoms with van der Waals surface area (Å²) in [4.78, 5) is 25.3. The Kier molecular flexibility index (Phi) is 34.0. The van der Waals surface area contributed by atoms with Crippen molar-refractivity contribution >= 4 is 11.9 Å². The summed E-state index contributed by atoms with van der Waals surface area (Å²) in [5.41, 5.74) is 0. The van der Waals surface area contributed by atoms with Crippen LogP contribution in [0.5, 0.6) is 0 Å². The summed E-state index contributed by atoms with van der Waals surface area (Å²) in [6.45, 7) is 3.39. The van der Waals surface area contributed by atoms with Gasteiger partial charge in [-0.15, -0.1) is 0 Å². The topological polar surface area (TPSA) is 152 Å². The number of carbonyl (C=O) groups is 2. The molecule has 0 aromatic rings. The SMILES string of the molecule is CCCCCC/C=C/CCCCCCCCCCCC(=O)O[C@H](COC(=O)CCCCCCC/C=C/CCCCCC)CO[C@@H]1O[C@H](CO)[C@H](O)C(O)C1O. The fraction of sp³-hybridized carbons (Fsp3) is 0.867. The average molecular weight is 783 g/mol. The minimum atomic E-state index is -1.59. The van der Waals surface area contributed by atoms with E-state index < -0.39 is 49.4 Å². The van der Waals surface area contributed by atoms with Gasteiger partial charge in [-0.25, -0.2) is 0 Å². The largest absolute Gasteiger partial charge is 0.462 e. The predicted molar refractivity (Wildman–Crippen MR) is 219 cm³/mol. The number of esters is 2. The quantitative estimate of drug-likeness (QED) is 0.0273. The first-order chi connectivity index (χ1) is 26.8. The Labute approximate surface area is 334 Å².